The second kappa shape index (κ2) is 6.23. The second-order valence-electron chi connectivity index (χ2n) is 3.18. The van der Waals surface area contributed by atoms with Gasteiger partial charge in [0.2, 0.25) is 5.91 Å². The minimum atomic E-state index is -0.419. The predicted molar refractivity (Wildman–Crippen MR) is 66.4 cm³/mol. The molecule has 1 N–H and O–H groups in total. The van der Waals surface area contributed by atoms with Crippen LogP contribution in [0, 0.1) is 0 Å². The first-order chi connectivity index (χ1) is 7.65. The van der Waals surface area contributed by atoms with Crippen LogP contribution in [0.15, 0.2) is 43.0 Å². The van der Waals surface area contributed by atoms with E-state index in [1.807, 2.05) is 6.07 Å². The maximum Gasteiger partial charge on any atom is 0.257 e. The van der Waals surface area contributed by atoms with E-state index in [2.05, 4.69) is 27.8 Å². The molecule has 0 bridgehead atoms. The maximum absolute atomic E-state index is 11.6. The summed E-state index contributed by atoms with van der Waals surface area (Å²) in [5.74, 6) is -0.743. The fourth-order valence-corrected chi connectivity index (χ4v) is 1.48. The van der Waals surface area contributed by atoms with Gasteiger partial charge in [-0.05, 0) is 18.6 Å². The minimum Gasteiger partial charge on any atom is -0.291 e. The molecule has 1 rings (SSSR count). The van der Waals surface area contributed by atoms with E-state index < -0.39 is 4.83 Å². The van der Waals surface area contributed by atoms with Gasteiger partial charge in [0.15, 0.2) is 0 Å². The third-order valence-electron chi connectivity index (χ3n) is 1.93. The molecule has 0 aliphatic rings. The average Bonchev–Trinajstić information content (AvgIpc) is 2.30. The van der Waals surface area contributed by atoms with Gasteiger partial charge in [-0.3, -0.25) is 14.9 Å². The fourth-order valence-electron chi connectivity index (χ4n) is 1.11. The number of nitrogens with one attached hydrogen (secondary N) is 1. The smallest absolute Gasteiger partial charge is 0.257 e. The van der Waals surface area contributed by atoms with Crippen LogP contribution in [0.5, 0.6) is 0 Å². The standard InChI is InChI=1S/C12H12BrNO2/c1-2-6-10(13)12(16)14-11(15)9-7-4-3-5-8-9/h2-5,7-8,10H,1,6H2,(H,14,15,16). The number of hydrogen-bond donors (Lipinski definition) is 1. The lowest BCUT2D eigenvalue weighted by Gasteiger charge is -2.07. The van der Waals surface area contributed by atoms with E-state index in [4.69, 9.17) is 0 Å². The van der Waals surface area contributed by atoms with Gasteiger partial charge >= 0.3 is 0 Å². The Morgan fingerprint density at radius 3 is 2.56 bits per heavy atom. The lowest BCUT2D eigenvalue weighted by Crippen LogP contribution is -2.35. The molecule has 1 aromatic carbocycles. The first-order valence-electron chi connectivity index (χ1n) is 4.80. The van der Waals surface area contributed by atoms with Gasteiger partial charge in [0.1, 0.15) is 0 Å². The summed E-state index contributed by atoms with van der Waals surface area (Å²) < 4.78 is 0. The topological polar surface area (TPSA) is 46.2 Å². The number of hydrogen-bond acceptors (Lipinski definition) is 2. The zero-order valence-corrected chi connectivity index (χ0v) is 10.2. The van der Waals surface area contributed by atoms with Gasteiger partial charge < -0.3 is 0 Å². The largest absolute Gasteiger partial charge is 0.291 e. The molecule has 4 heteroatoms. The maximum atomic E-state index is 11.6. The first-order valence-corrected chi connectivity index (χ1v) is 5.72. The third kappa shape index (κ3) is 3.62. The van der Waals surface area contributed by atoms with Crippen LogP contribution in [0.1, 0.15) is 16.8 Å². The van der Waals surface area contributed by atoms with Crippen molar-refractivity contribution in [1.82, 2.24) is 5.32 Å². The lowest BCUT2D eigenvalue weighted by molar-refractivity contribution is -0.119. The predicted octanol–water partition coefficient (Wildman–Crippen LogP) is 2.28. The molecular formula is C12H12BrNO2. The molecule has 1 aromatic rings. The van der Waals surface area contributed by atoms with Gasteiger partial charge in [-0.1, -0.05) is 40.2 Å². The Bertz CT molecular complexity index is 389. The molecule has 0 saturated heterocycles. The second-order valence-corrected chi connectivity index (χ2v) is 4.28. The minimum absolute atomic E-state index is 0.353. The summed E-state index contributed by atoms with van der Waals surface area (Å²) in [5.41, 5.74) is 0.467. The van der Waals surface area contributed by atoms with E-state index >= 15 is 0 Å². The molecule has 3 nitrogen and oxygen atoms in total. The number of imide groups is 1. The van der Waals surface area contributed by atoms with Crippen molar-refractivity contribution in [1.29, 1.82) is 0 Å². The number of allylic oxidation sites excluding steroid dienone is 1. The molecular weight excluding hydrogens is 270 g/mol. The van der Waals surface area contributed by atoms with Gasteiger partial charge in [0, 0.05) is 5.56 Å². The highest BCUT2D eigenvalue weighted by Crippen LogP contribution is 2.06. The number of halogens is 1. The van der Waals surface area contributed by atoms with Gasteiger partial charge in [-0.25, -0.2) is 0 Å². The fraction of sp³-hybridized carbons (Fsp3) is 0.167. The number of alkyl halides is 1. The average molecular weight is 282 g/mol. The summed E-state index contributed by atoms with van der Waals surface area (Å²) in [6.45, 7) is 3.53. The molecule has 0 aromatic heterocycles. The van der Waals surface area contributed by atoms with Gasteiger partial charge in [0.25, 0.3) is 5.91 Å². The highest BCUT2D eigenvalue weighted by molar-refractivity contribution is 9.10. The SMILES string of the molecule is C=CCC(Br)C(=O)NC(=O)c1ccccc1. The Hall–Kier alpha value is -1.42. The quantitative estimate of drug-likeness (QED) is 0.680. The highest BCUT2D eigenvalue weighted by Gasteiger charge is 2.16. The molecule has 0 spiro atoms. The van der Waals surface area contributed by atoms with Crippen molar-refractivity contribution >= 4 is 27.7 Å². The third-order valence-corrected chi connectivity index (χ3v) is 2.72. The van der Waals surface area contributed by atoms with Crippen molar-refractivity contribution < 1.29 is 9.59 Å². The van der Waals surface area contributed by atoms with Crippen molar-refractivity contribution in [3.63, 3.8) is 0 Å². The Kier molecular flexibility index (Phi) is 4.92. The Morgan fingerprint density at radius 1 is 1.38 bits per heavy atom. The van der Waals surface area contributed by atoms with Crippen molar-refractivity contribution in [2.45, 2.75) is 11.2 Å². The molecule has 84 valence electrons. The molecule has 16 heavy (non-hydrogen) atoms. The Labute approximate surface area is 103 Å². The molecule has 0 radical (unpaired) electrons. The number of benzene rings is 1. The van der Waals surface area contributed by atoms with E-state index in [9.17, 15) is 9.59 Å². The van der Waals surface area contributed by atoms with Crippen LogP contribution in [0.3, 0.4) is 0 Å². The molecule has 2 amide bonds. The van der Waals surface area contributed by atoms with Crippen molar-refractivity contribution in [2.24, 2.45) is 0 Å². The molecule has 1 atom stereocenters. The van der Waals surface area contributed by atoms with E-state index in [0.717, 1.165) is 0 Å². The molecule has 0 heterocycles. The summed E-state index contributed by atoms with van der Waals surface area (Å²) in [6, 6.07) is 8.60. The zero-order chi connectivity index (χ0) is 12.0. The Morgan fingerprint density at radius 2 is 2.00 bits per heavy atom. The lowest BCUT2D eigenvalue weighted by atomic mass is 10.2. The summed E-state index contributed by atoms with van der Waals surface area (Å²) in [6.07, 6.45) is 2.10. The van der Waals surface area contributed by atoms with Crippen LogP contribution in [0.4, 0.5) is 0 Å². The summed E-state index contributed by atoms with van der Waals surface area (Å²) >= 11 is 3.17. The van der Waals surface area contributed by atoms with Gasteiger partial charge in [0.05, 0.1) is 4.83 Å². The van der Waals surface area contributed by atoms with Crippen molar-refractivity contribution in [2.75, 3.05) is 0 Å². The highest BCUT2D eigenvalue weighted by atomic mass is 79.9. The normalized spacial score (nSPS) is 11.6. The van der Waals surface area contributed by atoms with E-state index in [0.29, 0.717) is 12.0 Å². The van der Waals surface area contributed by atoms with Gasteiger partial charge in [-0.15, -0.1) is 6.58 Å². The summed E-state index contributed by atoms with van der Waals surface area (Å²) in [7, 11) is 0. The van der Waals surface area contributed by atoms with Crippen molar-refractivity contribution in [3.8, 4) is 0 Å². The van der Waals surface area contributed by atoms with Gasteiger partial charge in [-0.2, -0.15) is 0 Å². The van der Waals surface area contributed by atoms with E-state index in [-0.39, 0.29) is 11.8 Å². The number of carbonyl (C=O) groups is 2. The molecule has 0 saturated carbocycles. The van der Waals surface area contributed by atoms with Crippen LogP contribution in [0.2, 0.25) is 0 Å². The molecule has 0 fully saturated rings. The summed E-state index contributed by atoms with van der Waals surface area (Å²) in [5, 5.41) is 2.31. The van der Waals surface area contributed by atoms with Crippen LogP contribution in [-0.2, 0) is 4.79 Å². The van der Waals surface area contributed by atoms with Crippen LogP contribution in [-0.4, -0.2) is 16.6 Å². The van der Waals surface area contributed by atoms with E-state index in [1.165, 1.54) is 0 Å². The Balaban J connectivity index is 2.58. The monoisotopic (exact) mass is 281 g/mol. The van der Waals surface area contributed by atoms with Crippen LogP contribution in [0.25, 0.3) is 0 Å². The zero-order valence-electron chi connectivity index (χ0n) is 8.65. The van der Waals surface area contributed by atoms with E-state index in [1.54, 1.807) is 30.3 Å². The molecule has 0 aliphatic heterocycles. The molecule has 1 unspecified atom stereocenters. The first kappa shape index (κ1) is 12.6. The van der Waals surface area contributed by atoms with Crippen LogP contribution < -0.4 is 5.32 Å². The number of amides is 2. The van der Waals surface area contributed by atoms with Crippen LogP contribution >= 0.6 is 15.9 Å². The van der Waals surface area contributed by atoms with Crippen molar-refractivity contribution in [3.05, 3.63) is 48.6 Å². The number of carbonyl (C=O) groups excluding carboxylic acids is 2. The molecule has 0 aliphatic carbocycles. The number of rotatable bonds is 4. The summed E-state index contributed by atoms with van der Waals surface area (Å²) in [4.78, 5) is 22.7.